The van der Waals surface area contributed by atoms with E-state index < -0.39 is 0 Å². The predicted octanol–water partition coefficient (Wildman–Crippen LogP) is 6.03. The van der Waals surface area contributed by atoms with Crippen molar-refractivity contribution in [3.63, 3.8) is 0 Å². The third-order valence-electron chi connectivity index (χ3n) is 3.22. The summed E-state index contributed by atoms with van der Waals surface area (Å²) >= 11 is 0. The second kappa shape index (κ2) is 15.8. The molecule has 0 aromatic heterocycles. The molecule has 0 saturated heterocycles. The van der Waals surface area contributed by atoms with Crippen LogP contribution in [-0.4, -0.2) is 0 Å². The van der Waals surface area contributed by atoms with Gasteiger partial charge in [0, 0.05) is 0 Å². The van der Waals surface area contributed by atoms with Crippen molar-refractivity contribution in [2.24, 2.45) is 5.41 Å². The van der Waals surface area contributed by atoms with Crippen molar-refractivity contribution >= 4 is 0 Å². The quantitative estimate of drug-likeness (QED) is 0.415. The van der Waals surface area contributed by atoms with Crippen molar-refractivity contribution in [3.05, 3.63) is 60.7 Å². The van der Waals surface area contributed by atoms with E-state index in [1.54, 1.807) is 0 Å². The molecule has 0 aromatic rings. The molecule has 0 heterocycles. The maximum absolute atomic E-state index is 7.25. The molecule has 0 spiro atoms. The van der Waals surface area contributed by atoms with Crippen molar-refractivity contribution in [1.82, 2.24) is 5.59 Å². The van der Waals surface area contributed by atoms with E-state index in [1.165, 1.54) is 35.5 Å². The van der Waals surface area contributed by atoms with Crippen molar-refractivity contribution in [3.8, 4) is 0 Å². The number of nitrogens with zero attached hydrogens (tertiary/aromatic N) is 1. The third kappa shape index (κ3) is 18.5. The van der Waals surface area contributed by atoms with E-state index in [4.69, 9.17) is 10.5 Å². The average molecular weight is 489 g/mol. The first-order valence-corrected chi connectivity index (χ1v) is 7.48. The minimum atomic E-state index is 0. The van der Waals surface area contributed by atoms with Crippen LogP contribution in [-0.2, 0) is 21.1 Å². The second-order valence-electron chi connectivity index (χ2n) is 6.97. The maximum atomic E-state index is 7.25. The number of hydrogen-bond donors (Lipinski definition) is 0. The molecule has 0 atom stereocenters. The summed E-state index contributed by atoms with van der Waals surface area (Å²) in [6.45, 7) is 28.6. The Labute approximate surface area is 162 Å². The zero-order valence-corrected chi connectivity index (χ0v) is 19.7. The van der Waals surface area contributed by atoms with Crippen LogP contribution in [0.3, 0.4) is 0 Å². The Morgan fingerprint density at radius 2 is 0.957 bits per heavy atom. The van der Waals surface area contributed by atoms with Gasteiger partial charge >= 0.3 is 21.1 Å². The summed E-state index contributed by atoms with van der Waals surface area (Å²) in [5.41, 5.74) is 6.00. The van der Waals surface area contributed by atoms with Crippen LogP contribution in [0, 0.1) is 66.1 Å². The Balaban J connectivity index is -0.000000120. The Morgan fingerprint density at radius 3 is 1.00 bits per heavy atom. The van der Waals surface area contributed by atoms with Gasteiger partial charge in [-0.3, -0.25) is 0 Å². The van der Waals surface area contributed by atoms with Gasteiger partial charge in [0.25, 0.3) is 0 Å². The topological polar surface area (TPSA) is 39.4 Å². The largest absolute Gasteiger partial charge is 2.00 e. The van der Waals surface area contributed by atoms with E-state index in [0.29, 0.717) is 0 Å². The number of nitroso groups, excluding NO2 is 1. The van der Waals surface area contributed by atoms with Crippen LogP contribution in [0.1, 0.15) is 69.2 Å². The van der Waals surface area contributed by atoms with Gasteiger partial charge in [0.15, 0.2) is 0 Å². The van der Waals surface area contributed by atoms with Crippen LogP contribution in [0.2, 0.25) is 0 Å². The number of rotatable bonds is 1. The van der Waals surface area contributed by atoms with Gasteiger partial charge in [-0.15, -0.1) is 4.91 Å². The fourth-order valence-corrected chi connectivity index (χ4v) is 1.41. The van der Waals surface area contributed by atoms with Gasteiger partial charge in [-0.2, -0.15) is 5.41 Å². The van der Waals surface area contributed by atoms with Crippen LogP contribution in [0.4, 0.5) is 0 Å². The minimum absolute atomic E-state index is 0. The summed E-state index contributed by atoms with van der Waals surface area (Å²) in [6, 6.07) is 0. The van der Waals surface area contributed by atoms with Crippen LogP contribution in [0.15, 0.2) is 0 Å². The Bertz CT molecular complexity index is 200. The first kappa shape index (κ1) is 31.1. The summed E-state index contributed by atoms with van der Waals surface area (Å²) in [4.78, 5) is 7.25. The van der Waals surface area contributed by atoms with Gasteiger partial charge in [0.05, 0.1) is 0 Å². The monoisotopic (exact) mass is 489 g/mol. The fraction of sp³-hybridized carbons (Fsp3) is 0.550. The van der Waals surface area contributed by atoms with E-state index in [1.807, 2.05) is 20.3 Å². The first-order chi connectivity index (χ1) is 9.82. The van der Waals surface area contributed by atoms with Crippen LogP contribution in [0.5, 0.6) is 0 Å². The summed E-state index contributed by atoms with van der Waals surface area (Å²) in [5, 5.41) is 0. The molecule has 0 aromatic carbocycles. The molecule has 0 bridgehead atoms. The molecule has 1 saturated carbocycles. The second-order valence-corrected chi connectivity index (χ2v) is 6.97. The smallest absolute Gasteiger partial charge is 0.338 e. The van der Waals surface area contributed by atoms with Crippen molar-refractivity contribution in [2.45, 2.75) is 69.2 Å². The Kier molecular flexibility index (Phi) is 21.4. The van der Waals surface area contributed by atoms with Gasteiger partial charge in [-0.25, -0.2) is 0 Å². The van der Waals surface area contributed by atoms with E-state index in [2.05, 4.69) is 69.2 Å². The molecule has 131 valence electrons. The minimum Gasteiger partial charge on any atom is -0.338 e. The van der Waals surface area contributed by atoms with Gasteiger partial charge in [-0.05, 0) is 48.9 Å². The average Bonchev–Trinajstić information content (AvgIpc) is 2.58. The van der Waals surface area contributed by atoms with Crippen LogP contribution in [0.25, 0.3) is 0 Å². The molecule has 1 rings (SSSR count). The summed E-state index contributed by atoms with van der Waals surface area (Å²) in [5.74, 6) is 8.61. The molecule has 1 aliphatic carbocycles. The summed E-state index contributed by atoms with van der Waals surface area (Å²) in [6.07, 6.45) is 1.83. The summed E-state index contributed by atoms with van der Waals surface area (Å²) < 4.78 is 0. The van der Waals surface area contributed by atoms with Crippen molar-refractivity contribution < 1.29 is 21.1 Å². The van der Waals surface area contributed by atoms with Gasteiger partial charge < -0.3 is 6.92 Å². The zero-order valence-electron chi connectivity index (χ0n) is 16.8. The molecule has 0 amide bonds. The fourth-order valence-electron chi connectivity index (χ4n) is 1.41. The predicted molar refractivity (Wildman–Crippen MR) is 99.1 cm³/mol. The SMILES string of the molecule is C[C]1[C](C)[C](C)[C](C)[C]1C.[CH2-]C(C)(C)C.[CH2][CH][C](C)C.[N]=O.[W+2]. The third-order valence-corrected chi connectivity index (χ3v) is 3.22. The molecule has 1 fully saturated rings. The van der Waals surface area contributed by atoms with Crippen LogP contribution < -0.4 is 5.59 Å². The van der Waals surface area contributed by atoms with E-state index in [9.17, 15) is 0 Å². The Morgan fingerprint density at radius 1 is 0.870 bits per heavy atom. The van der Waals surface area contributed by atoms with Crippen molar-refractivity contribution in [2.75, 3.05) is 0 Å². The van der Waals surface area contributed by atoms with E-state index in [-0.39, 0.29) is 26.5 Å². The van der Waals surface area contributed by atoms with Gasteiger partial charge in [-0.1, -0.05) is 69.2 Å². The van der Waals surface area contributed by atoms with Gasteiger partial charge in [0.2, 0.25) is 0 Å². The summed E-state index contributed by atoms with van der Waals surface area (Å²) in [7, 11) is 0. The van der Waals surface area contributed by atoms with Gasteiger partial charge in [0.1, 0.15) is 5.59 Å². The molecule has 0 aliphatic heterocycles. The van der Waals surface area contributed by atoms with Crippen molar-refractivity contribution in [1.29, 1.82) is 0 Å². The van der Waals surface area contributed by atoms with E-state index >= 15 is 0 Å². The molecule has 2 nitrogen and oxygen atoms in total. The molecule has 3 heteroatoms. The zero-order chi connectivity index (χ0) is 18.7. The first-order valence-electron chi connectivity index (χ1n) is 7.48. The van der Waals surface area contributed by atoms with Crippen LogP contribution >= 0.6 is 0 Å². The standard InChI is InChI=1S/C10H15.C5H11.C5H9.NO.W/c1-6-7(2)9(4)10(5)8(6)3;1-5(2,3)4;1-4-5(2)3;1-2;/h1-5H3;1H2,2-4H3;4H,1H2,2-3H3;;/q;-1;;;+2. The van der Waals surface area contributed by atoms with E-state index in [0.717, 1.165) is 0 Å². The normalized spacial score (nSPS) is 17.3. The molecule has 0 unspecified atom stereocenters. The Hall–Kier alpha value is 0.288. The molecular weight excluding hydrogens is 454 g/mol. The molecule has 0 N–H and O–H groups in total. The molecular formula is C20H35NOW+. The molecule has 1 aliphatic rings. The molecule has 9 radical (unpaired) electrons. The maximum Gasteiger partial charge on any atom is 2.00 e. The molecule has 23 heavy (non-hydrogen) atoms. The number of hydrogen-bond acceptors (Lipinski definition) is 1.